The molecular formula is C27H21Cl2N7O4. The van der Waals surface area contributed by atoms with Crippen molar-refractivity contribution in [2.24, 2.45) is 0 Å². The van der Waals surface area contributed by atoms with E-state index in [2.05, 4.69) is 32.2 Å². The summed E-state index contributed by atoms with van der Waals surface area (Å²) in [6.07, 6.45) is 1.10. The molecule has 3 aromatic carbocycles. The predicted molar refractivity (Wildman–Crippen MR) is 151 cm³/mol. The molecule has 0 bridgehead atoms. The normalized spacial score (nSPS) is 11.2. The van der Waals surface area contributed by atoms with Gasteiger partial charge in [-0.3, -0.25) is 25.8 Å². The SMILES string of the molecule is COc1ccccc1C(=O)NNc1ncnc(Nc2cc(Cl)c(C(C#N)c3ccc(Cl)cc3)cc2C)c1[N+](=O)[O-]. The number of hydrogen-bond donors (Lipinski definition) is 3. The van der Waals surface area contributed by atoms with E-state index in [4.69, 9.17) is 27.9 Å². The molecule has 0 aliphatic carbocycles. The summed E-state index contributed by atoms with van der Waals surface area (Å²) in [4.78, 5) is 31.9. The number of methoxy groups -OCH3 is 1. The number of nitro groups is 1. The highest BCUT2D eigenvalue weighted by Gasteiger charge is 2.25. The molecule has 0 fully saturated rings. The van der Waals surface area contributed by atoms with E-state index < -0.39 is 22.4 Å². The molecule has 1 aromatic heterocycles. The van der Waals surface area contributed by atoms with E-state index in [1.807, 2.05) is 0 Å². The average molecular weight is 578 g/mol. The zero-order valence-electron chi connectivity index (χ0n) is 21.1. The number of aryl methyl sites for hydroxylation is 1. The summed E-state index contributed by atoms with van der Waals surface area (Å²) in [5.41, 5.74) is 6.94. The van der Waals surface area contributed by atoms with Gasteiger partial charge in [-0.2, -0.15) is 5.26 Å². The Morgan fingerprint density at radius 2 is 1.80 bits per heavy atom. The molecule has 4 rings (SSSR count). The van der Waals surface area contributed by atoms with Gasteiger partial charge in [0.15, 0.2) is 0 Å². The number of halogens is 2. The van der Waals surface area contributed by atoms with Crippen LogP contribution in [0.2, 0.25) is 10.0 Å². The van der Waals surface area contributed by atoms with Crippen LogP contribution in [-0.4, -0.2) is 27.9 Å². The van der Waals surface area contributed by atoms with E-state index in [9.17, 15) is 20.2 Å². The largest absolute Gasteiger partial charge is 0.496 e. The monoisotopic (exact) mass is 577 g/mol. The molecule has 0 aliphatic rings. The number of hydrogen-bond acceptors (Lipinski definition) is 9. The first kappa shape index (κ1) is 28.1. The third kappa shape index (κ3) is 6.04. The minimum atomic E-state index is -0.683. The van der Waals surface area contributed by atoms with E-state index in [0.717, 1.165) is 6.33 Å². The molecule has 0 aliphatic heterocycles. The molecule has 1 unspecified atom stereocenters. The molecule has 11 nitrogen and oxygen atoms in total. The highest BCUT2D eigenvalue weighted by Crippen LogP contribution is 2.37. The molecule has 202 valence electrons. The van der Waals surface area contributed by atoms with Crippen LogP contribution < -0.4 is 20.9 Å². The molecule has 0 saturated heterocycles. The number of anilines is 3. The van der Waals surface area contributed by atoms with Crippen molar-refractivity contribution in [1.82, 2.24) is 15.4 Å². The number of amides is 1. The van der Waals surface area contributed by atoms with E-state index in [-0.39, 0.29) is 22.2 Å². The number of para-hydroxylation sites is 1. The van der Waals surface area contributed by atoms with E-state index >= 15 is 0 Å². The number of carbonyl (C=O) groups excluding carboxylic acids is 1. The van der Waals surface area contributed by atoms with Gasteiger partial charge >= 0.3 is 5.69 Å². The van der Waals surface area contributed by atoms with E-state index in [0.29, 0.717) is 33.1 Å². The minimum Gasteiger partial charge on any atom is -0.496 e. The number of nitrogens with one attached hydrogen (secondary N) is 3. The van der Waals surface area contributed by atoms with Gasteiger partial charge in [0.25, 0.3) is 5.91 Å². The summed E-state index contributed by atoms with van der Waals surface area (Å²) in [5.74, 6) is -1.32. The van der Waals surface area contributed by atoms with Crippen LogP contribution in [0, 0.1) is 28.4 Å². The number of nitriles is 1. The highest BCUT2D eigenvalue weighted by atomic mass is 35.5. The van der Waals surface area contributed by atoms with Gasteiger partial charge in [-0.15, -0.1) is 0 Å². The number of aromatic nitrogens is 2. The highest BCUT2D eigenvalue weighted by molar-refractivity contribution is 6.32. The fraction of sp³-hybridized carbons (Fsp3) is 0.111. The zero-order valence-corrected chi connectivity index (χ0v) is 22.6. The Kier molecular flexibility index (Phi) is 8.63. The van der Waals surface area contributed by atoms with Crippen LogP contribution in [0.4, 0.5) is 23.0 Å². The lowest BCUT2D eigenvalue weighted by molar-refractivity contribution is -0.383. The van der Waals surface area contributed by atoms with Gasteiger partial charge < -0.3 is 10.1 Å². The summed E-state index contributed by atoms with van der Waals surface area (Å²) in [5, 5.41) is 25.6. The first-order valence-corrected chi connectivity index (χ1v) is 12.4. The Morgan fingerprint density at radius 1 is 1.10 bits per heavy atom. The van der Waals surface area contributed by atoms with Crippen LogP contribution in [-0.2, 0) is 0 Å². The van der Waals surface area contributed by atoms with Gasteiger partial charge in [-0.25, -0.2) is 9.97 Å². The Hall–Kier alpha value is -4.92. The summed E-state index contributed by atoms with van der Waals surface area (Å²) >= 11 is 12.5. The lowest BCUT2D eigenvalue weighted by Crippen LogP contribution is -2.30. The summed E-state index contributed by atoms with van der Waals surface area (Å²) in [6, 6.07) is 18.9. The number of hydrazine groups is 1. The van der Waals surface area contributed by atoms with Crippen molar-refractivity contribution >= 4 is 52.1 Å². The van der Waals surface area contributed by atoms with Crippen LogP contribution in [0.3, 0.4) is 0 Å². The molecule has 0 radical (unpaired) electrons. The van der Waals surface area contributed by atoms with Crippen LogP contribution in [0.5, 0.6) is 5.75 Å². The van der Waals surface area contributed by atoms with Crippen molar-refractivity contribution in [3.05, 3.63) is 109 Å². The van der Waals surface area contributed by atoms with Gasteiger partial charge in [-0.1, -0.05) is 53.5 Å². The maximum absolute atomic E-state index is 12.6. The molecule has 1 atom stereocenters. The van der Waals surface area contributed by atoms with E-state index in [1.54, 1.807) is 61.5 Å². The van der Waals surface area contributed by atoms with E-state index in [1.165, 1.54) is 13.2 Å². The zero-order chi connectivity index (χ0) is 28.8. The average Bonchev–Trinajstić information content (AvgIpc) is 2.95. The Morgan fingerprint density at radius 3 is 2.48 bits per heavy atom. The van der Waals surface area contributed by atoms with Gasteiger partial charge in [0.1, 0.15) is 12.1 Å². The van der Waals surface area contributed by atoms with Crippen molar-refractivity contribution in [2.45, 2.75) is 12.8 Å². The molecule has 1 amide bonds. The Balaban J connectivity index is 1.61. The van der Waals surface area contributed by atoms with Crippen molar-refractivity contribution in [3.63, 3.8) is 0 Å². The van der Waals surface area contributed by atoms with Gasteiger partial charge in [0, 0.05) is 15.7 Å². The fourth-order valence-electron chi connectivity index (χ4n) is 3.92. The van der Waals surface area contributed by atoms with Crippen molar-refractivity contribution in [2.75, 3.05) is 17.9 Å². The van der Waals surface area contributed by atoms with Crippen molar-refractivity contribution in [3.8, 4) is 11.8 Å². The number of benzene rings is 3. The first-order valence-electron chi connectivity index (χ1n) is 11.6. The molecule has 3 N–H and O–H groups in total. The standard InChI is InChI=1S/C27H21Cl2N7O4/c1-15-11-19(20(13-30)16-7-9-17(28)10-8-16)21(29)12-22(15)33-25-24(36(38)39)26(32-14-31-25)34-35-27(37)18-5-3-4-6-23(18)40-2/h3-12,14,20H,1-2H3,(H,35,37)(H2,31,32,33,34). The number of rotatable bonds is 9. The first-order chi connectivity index (χ1) is 19.2. The third-order valence-corrected chi connectivity index (χ3v) is 6.47. The summed E-state index contributed by atoms with van der Waals surface area (Å²) in [6.45, 7) is 1.76. The molecule has 40 heavy (non-hydrogen) atoms. The second-order valence-electron chi connectivity index (χ2n) is 8.38. The van der Waals surface area contributed by atoms with Crippen LogP contribution in [0.1, 0.15) is 33.0 Å². The summed E-state index contributed by atoms with van der Waals surface area (Å²) in [7, 11) is 1.42. The topological polar surface area (TPSA) is 155 Å². The van der Waals surface area contributed by atoms with Gasteiger partial charge in [-0.05, 0) is 53.9 Å². The second-order valence-corrected chi connectivity index (χ2v) is 9.23. The lowest BCUT2D eigenvalue weighted by atomic mass is 9.91. The molecule has 4 aromatic rings. The Bertz CT molecular complexity index is 1620. The molecule has 13 heteroatoms. The van der Waals surface area contributed by atoms with Crippen LogP contribution in [0.15, 0.2) is 67.0 Å². The minimum absolute atomic E-state index is 0.143. The lowest BCUT2D eigenvalue weighted by Gasteiger charge is -2.17. The number of nitrogens with zero attached hydrogens (tertiary/aromatic N) is 4. The maximum Gasteiger partial charge on any atom is 0.355 e. The maximum atomic E-state index is 12.6. The molecule has 0 saturated carbocycles. The van der Waals surface area contributed by atoms with Gasteiger partial charge in [0.05, 0.1) is 29.6 Å². The van der Waals surface area contributed by atoms with Crippen molar-refractivity contribution in [1.29, 1.82) is 5.26 Å². The summed E-state index contributed by atoms with van der Waals surface area (Å²) < 4.78 is 5.18. The predicted octanol–water partition coefficient (Wildman–Crippen LogP) is 6.16. The van der Waals surface area contributed by atoms with Crippen molar-refractivity contribution < 1.29 is 14.5 Å². The smallest absolute Gasteiger partial charge is 0.355 e. The van der Waals surface area contributed by atoms with Gasteiger partial charge in [0.2, 0.25) is 11.6 Å². The quantitative estimate of drug-likeness (QED) is 0.156. The number of carbonyl (C=O) groups is 1. The number of ether oxygens (including phenoxy) is 1. The second kappa shape index (κ2) is 12.3. The molecular weight excluding hydrogens is 557 g/mol. The fourth-order valence-corrected chi connectivity index (χ4v) is 4.32. The Labute approximate surface area is 238 Å². The third-order valence-electron chi connectivity index (χ3n) is 5.89. The molecule has 0 spiro atoms. The molecule has 1 heterocycles. The van der Waals surface area contributed by atoms with Crippen LogP contribution >= 0.6 is 23.2 Å². The van der Waals surface area contributed by atoms with Crippen LogP contribution in [0.25, 0.3) is 0 Å².